The Bertz CT molecular complexity index is 1610. The molecule has 5 aromatic carbocycles. The Morgan fingerprint density at radius 2 is 1.31 bits per heavy atom. The number of hydrogen-bond donors (Lipinski definition) is 3. The lowest BCUT2D eigenvalue weighted by atomic mass is 9.85. The van der Waals surface area contributed by atoms with E-state index < -0.39 is 11.4 Å². The number of amides is 1. The largest absolute Gasteiger partial charge is 0.507 e. The number of carbonyl (C=O) groups is 1. The van der Waals surface area contributed by atoms with E-state index in [4.69, 9.17) is 0 Å². The van der Waals surface area contributed by atoms with E-state index in [9.17, 15) is 9.90 Å². The van der Waals surface area contributed by atoms with Gasteiger partial charge in [-0.1, -0.05) is 109 Å². The van der Waals surface area contributed by atoms with Crippen LogP contribution in [0.25, 0.3) is 16.3 Å². The molecule has 1 amide bonds. The molecule has 3 N–H and O–H groups in total. The molecule has 0 saturated carbocycles. The van der Waals surface area contributed by atoms with Gasteiger partial charge in [-0.25, -0.2) is 5.43 Å². The minimum atomic E-state index is -0.800. The lowest BCUT2D eigenvalue weighted by molar-refractivity contribution is 0.0917. The van der Waals surface area contributed by atoms with E-state index in [2.05, 4.69) is 41.2 Å². The Kier molecular flexibility index (Phi) is 5.36. The van der Waals surface area contributed by atoms with Gasteiger partial charge in [0.05, 0.1) is 5.56 Å². The lowest BCUT2D eigenvalue weighted by Gasteiger charge is -2.31. The molecule has 0 fully saturated rings. The second kappa shape index (κ2) is 8.84. The summed E-state index contributed by atoms with van der Waals surface area (Å²) in [6.07, 6.45) is 2.17. The molecule has 1 aliphatic carbocycles. The van der Waals surface area contributed by atoms with E-state index in [0.717, 1.165) is 38.6 Å². The van der Waals surface area contributed by atoms with Gasteiger partial charge in [0, 0.05) is 0 Å². The quantitative estimate of drug-likeness (QED) is 0.270. The zero-order valence-corrected chi connectivity index (χ0v) is 19.5. The number of fused-ring (bicyclic) bond motifs is 2. The highest BCUT2D eigenvalue weighted by Crippen LogP contribution is 2.45. The van der Waals surface area contributed by atoms with Gasteiger partial charge >= 0.3 is 0 Å². The Labute approximate surface area is 209 Å². The summed E-state index contributed by atoms with van der Waals surface area (Å²) in [7, 11) is 0. The number of nitrogens with one attached hydrogen (secondary N) is 2. The number of phenols is 1. The van der Waals surface area contributed by atoms with Crippen molar-refractivity contribution in [3.63, 3.8) is 0 Å². The first-order chi connectivity index (χ1) is 17.7. The smallest absolute Gasteiger partial charge is 0.269 e. The maximum Gasteiger partial charge on any atom is 0.269 e. The molecule has 0 radical (unpaired) electrons. The van der Waals surface area contributed by atoms with Gasteiger partial charge in [0.25, 0.3) is 5.91 Å². The van der Waals surface area contributed by atoms with E-state index in [-0.39, 0.29) is 11.3 Å². The number of aromatic hydroxyl groups is 1. The predicted molar refractivity (Wildman–Crippen MR) is 143 cm³/mol. The molecule has 1 aliphatic rings. The van der Waals surface area contributed by atoms with Crippen LogP contribution in [0.5, 0.6) is 5.75 Å². The molecule has 0 aromatic heterocycles. The highest BCUT2D eigenvalue weighted by Gasteiger charge is 2.40. The van der Waals surface area contributed by atoms with Crippen molar-refractivity contribution in [1.29, 1.82) is 0 Å². The highest BCUT2D eigenvalue weighted by atomic mass is 16.3. The fraction of sp³-hybridized carbons (Fsp3) is 0.0312. The van der Waals surface area contributed by atoms with E-state index in [1.807, 2.05) is 84.9 Å². The first-order valence-electron chi connectivity index (χ1n) is 11.9. The maximum atomic E-state index is 13.3. The summed E-state index contributed by atoms with van der Waals surface area (Å²) in [4.78, 5) is 13.3. The fourth-order valence-electron chi connectivity index (χ4n) is 5.04. The molecule has 0 aliphatic heterocycles. The zero-order valence-electron chi connectivity index (χ0n) is 19.5. The Morgan fingerprint density at radius 3 is 2.06 bits per heavy atom. The molecule has 36 heavy (non-hydrogen) atoms. The van der Waals surface area contributed by atoms with Crippen molar-refractivity contribution < 1.29 is 9.90 Å². The van der Waals surface area contributed by atoms with E-state index in [1.54, 1.807) is 12.1 Å². The van der Waals surface area contributed by atoms with Crippen molar-refractivity contribution >= 4 is 22.3 Å². The number of carbonyl (C=O) groups excluding carboxylic acids is 1. The first kappa shape index (κ1) is 21.8. The standard InChI is InChI=1S/C32H24N2O2/c35-30-20-24-14-8-7-13-23(24)19-27(30)31(36)33-34-32(25-15-5-2-6-16-25)21-28(22-11-3-1-4-12-22)26-17-9-10-18-29(26)32/h1-21,34-35H,(H,33,36). The van der Waals surface area contributed by atoms with E-state index >= 15 is 0 Å². The summed E-state index contributed by atoms with van der Waals surface area (Å²) in [5.74, 6) is -0.471. The van der Waals surface area contributed by atoms with Crippen LogP contribution in [0.2, 0.25) is 0 Å². The summed E-state index contributed by atoms with van der Waals surface area (Å²) in [6, 6.07) is 39.5. The van der Waals surface area contributed by atoms with Gasteiger partial charge in [-0.2, -0.15) is 0 Å². The molecule has 4 nitrogen and oxygen atoms in total. The van der Waals surface area contributed by atoms with Gasteiger partial charge in [0.1, 0.15) is 11.3 Å². The third-order valence-corrected chi connectivity index (χ3v) is 6.80. The molecule has 6 rings (SSSR count). The molecule has 5 aromatic rings. The summed E-state index contributed by atoms with van der Waals surface area (Å²) in [5.41, 5.74) is 11.0. The second-order valence-electron chi connectivity index (χ2n) is 8.94. The molecule has 0 spiro atoms. The Balaban J connectivity index is 1.44. The lowest BCUT2D eigenvalue weighted by Crippen LogP contribution is -2.51. The molecule has 1 unspecified atom stereocenters. The molecular weight excluding hydrogens is 444 g/mol. The number of hydrazine groups is 1. The summed E-state index contributed by atoms with van der Waals surface area (Å²) >= 11 is 0. The third kappa shape index (κ3) is 3.65. The summed E-state index contributed by atoms with van der Waals surface area (Å²) in [5, 5.41) is 12.4. The molecule has 0 heterocycles. The summed E-state index contributed by atoms with van der Waals surface area (Å²) in [6.45, 7) is 0. The molecule has 4 heteroatoms. The van der Waals surface area contributed by atoms with Crippen molar-refractivity contribution in [2.24, 2.45) is 0 Å². The van der Waals surface area contributed by atoms with Gasteiger partial charge in [-0.3, -0.25) is 10.2 Å². The van der Waals surface area contributed by atoms with Gasteiger partial charge in [0.15, 0.2) is 0 Å². The average molecular weight is 469 g/mol. The van der Waals surface area contributed by atoms with Crippen molar-refractivity contribution in [3.8, 4) is 5.75 Å². The summed E-state index contributed by atoms with van der Waals surface area (Å²) < 4.78 is 0. The van der Waals surface area contributed by atoms with Crippen molar-refractivity contribution in [1.82, 2.24) is 10.9 Å². The first-order valence-corrected chi connectivity index (χ1v) is 11.9. The monoisotopic (exact) mass is 468 g/mol. The number of phenolic OH excluding ortho intramolecular Hbond substituents is 1. The van der Waals surface area contributed by atoms with Crippen molar-refractivity contribution in [3.05, 3.63) is 155 Å². The second-order valence-corrected chi connectivity index (χ2v) is 8.94. The van der Waals surface area contributed by atoms with Gasteiger partial charge < -0.3 is 5.11 Å². The van der Waals surface area contributed by atoms with E-state index in [1.165, 1.54) is 0 Å². The fourth-order valence-corrected chi connectivity index (χ4v) is 5.04. The van der Waals surface area contributed by atoms with Gasteiger partial charge in [-0.15, -0.1) is 0 Å². The number of hydrogen-bond acceptors (Lipinski definition) is 3. The Hall–Kier alpha value is -4.67. The van der Waals surface area contributed by atoms with Crippen LogP contribution in [0.4, 0.5) is 0 Å². The molecule has 0 saturated heterocycles. The van der Waals surface area contributed by atoms with Crippen molar-refractivity contribution in [2.45, 2.75) is 5.54 Å². The van der Waals surface area contributed by atoms with Gasteiger partial charge in [0.2, 0.25) is 0 Å². The molecule has 0 bridgehead atoms. The average Bonchev–Trinajstić information content (AvgIpc) is 3.28. The van der Waals surface area contributed by atoms with Crippen LogP contribution < -0.4 is 10.9 Å². The topological polar surface area (TPSA) is 61.4 Å². The van der Waals surface area contributed by atoms with Crippen molar-refractivity contribution in [2.75, 3.05) is 0 Å². The van der Waals surface area contributed by atoms with Crippen LogP contribution in [0.3, 0.4) is 0 Å². The van der Waals surface area contributed by atoms with Gasteiger partial charge in [-0.05, 0) is 56.8 Å². The van der Waals surface area contributed by atoms with E-state index in [0.29, 0.717) is 0 Å². The molecule has 1 atom stereocenters. The zero-order chi connectivity index (χ0) is 24.5. The van der Waals surface area contributed by atoms with Crippen LogP contribution in [-0.4, -0.2) is 11.0 Å². The number of rotatable bonds is 5. The maximum absolute atomic E-state index is 13.3. The van der Waals surface area contributed by atoms with Crippen LogP contribution >= 0.6 is 0 Å². The molecular formula is C32H24N2O2. The minimum absolute atomic E-state index is 0.0610. The normalized spacial score (nSPS) is 16.4. The Morgan fingerprint density at radius 1 is 0.694 bits per heavy atom. The van der Waals surface area contributed by atoms with Crippen LogP contribution in [0.15, 0.2) is 127 Å². The minimum Gasteiger partial charge on any atom is -0.507 e. The van der Waals surface area contributed by atoms with Crippen LogP contribution in [0.1, 0.15) is 32.6 Å². The third-order valence-electron chi connectivity index (χ3n) is 6.80. The SMILES string of the molecule is O=C(NNC1(c2ccccc2)C=C(c2ccccc2)c2ccccc21)c1cc2ccccc2cc1O. The highest BCUT2D eigenvalue weighted by molar-refractivity contribution is 6.01. The van der Waals surface area contributed by atoms with Crippen LogP contribution in [0, 0.1) is 0 Å². The molecule has 174 valence electrons. The number of benzene rings is 5. The predicted octanol–water partition coefficient (Wildman–Crippen LogP) is 6.17. The van der Waals surface area contributed by atoms with Crippen LogP contribution in [-0.2, 0) is 5.54 Å².